The van der Waals surface area contributed by atoms with E-state index in [1.54, 1.807) is 30.3 Å². The molecule has 0 bridgehead atoms. The van der Waals surface area contributed by atoms with Crippen LogP contribution in [0.4, 0.5) is 0 Å². The number of rotatable bonds is 7. The standard InChI is InChI=1S/C18H12Cl2N4O3S/c19-11-5-7-12(8-6-11)25-9-16-22-23-18(26-16)28-10-15-21-17(27-24-15)13-3-1-2-4-14(13)20/h1-8H,9-10H2. The van der Waals surface area contributed by atoms with E-state index < -0.39 is 0 Å². The van der Waals surface area contributed by atoms with E-state index in [1.807, 2.05) is 18.2 Å². The first-order chi connectivity index (χ1) is 13.7. The molecule has 0 unspecified atom stereocenters. The summed E-state index contributed by atoms with van der Waals surface area (Å²) in [5.41, 5.74) is 0.687. The zero-order valence-electron chi connectivity index (χ0n) is 14.2. The fourth-order valence-corrected chi connectivity index (χ4v) is 3.18. The zero-order valence-corrected chi connectivity index (χ0v) is 16.5. The summed E-state index contributed by atoms with van der Waals surface area (Å²) in [4.78, 5) is 4.34. The molecule has 0 spiro atoms. The quantitative estimate of drug-likeness (QED) is 0.362. The Hall–Kier alpha value is -2.55. The molecule has 0 aliphatic carbocycles. The largest absolute Gasteiger partial charge is 0.484 e. The van der Waals surface area contributed by atoms with Gasteiger partial charge < -0.3 is 13.7 Å². The summed E-state index contributed by atoms with van der Waals surface area (Å²) in [6.07, 6.45) is 0. The summed E-state index contributed by atoms with van der Waals surface area (Å²) in [7, 11) is 0. The van der Waals surface area contributed by atoms with Crippen LogP contribution in [0, 0.1) is 0 Å². The Morgan fingerprint density at radius 3 is 2.64 bits per heavy atom. The highest BCUT2D eigenvalue weighted by Gasteiger charge is 2.14. The highest BCUT2D eigenvalue weighted by atomic mass is 35.5. The van der Waals surface area contributed by atoms with E-state index in [1.165, 1.54) is 11.8 Å². The lowest BCUT2D eigenvalue weighted by Crippen LogP contribution is -1.95. The lowest BCUT2D eigenvalue weighted by atomic mass is 10.2. The molecule has 7 nitrogen and oxygen atoms in total. The summed E-state index contributed by atoms with van der Waals surface area (Å²) in [6, 6.07) is 14.3. The first-order valence-electron chi connectivity index (χ1n) is 8.08. The number of hydrogen-bond donors (Lipinski definition) is 0. The molecular weight excluding hydrogens is 423 g/mol. The third-order valence-electron chi connectivity index (χ3n) is 3.52. The first kappa shape index (κ1) is 18.8. The van der Waals surface area contributed by atoms with Crippen molar-refractivity contribution >= 4 is 35.0 Å². The second kappa shape index (κ2) is 8.64. The topological polar surface area (TPSA) is 87.1 Å². The van der Waals surface area contributed by atoms with Crippen LogP contribution < -0.4 is 4.74 Å². The monoisotopic (exact) mass is 434 g/mol. The van der Waals surface area contributed by atoms with Crippen molar-refractivity contribution in [1.29, 1.82) is 0 Å². The number of aromatic nitrogens is 4. The van der Waals surface area contributed by atoms with E-state index in [9.17, 15) is 0 Å². The van der Waals surface area contributed by atoms with E-state index in [4.69, 9.17) is 36.9 Å². The highest BCUT2D eigenvalue weighted by molar-refractivity contribution is 7.98. The minimum Gasteiger partial charge on any atom is -0.484 e. The molecule has 0 saturated heterocycles. The van der Waals surface area contributed by atoms with Gasteiger partial charge in [-0.2, -0.15) is 4.98 Å². The normalized spacial score (nSPS) is 10.9. The van der Waals surface area contributed by atoms with Crippen LogP contribution in [-0.4, -0.2) is 20.3 Å². The van der Waals surface area contributed by atoms with Gasteiger partial charge in [-0.05, 0) is 36.4 Å². The van der Waals surface area contributed by atoms with E-state index in [0.717, 1.165) is 0 Å². The van der Waals surface area contributed by atoms with E-state index >= 15 is 0 Å². The molecule has 142 valence electrons. The molecule has 10 heteroatoms. The van der Waals surface area contributed by atoms with Gasteiger partial charge in [-0.1, -0.05) is 52.3 Å². The number of hydrogen-bond acceptors (Lipinski definition) is 8. The number of ether oxygens (including phenoxy) is 1. The van der Waals surface area contributed by atoms with Crippen LogP contribution in [0.25, 0.3) is 11.5 Å². The van der Waals surface area contributed by atoms with Crippen LogP contribution in [0.15, 0.2) is 62.7 Å². The second-order valence-electron chi connectivity index (χ2n) is 5.49. The molecule has 0 atom stereocenters. The molecule has 0 fully saturated rings. The minimum absolute atomic E-state index is 0.161. The van der Waals surface area contributed by atoms with Crippen molar-refractivity contribution in [3.8, 4) is 17.2 Å². The van der Waals surface area contributed by atoms with E-state index in [-0.39, 0.29) is 6.61 Å². The average molecular weight is 435 g/mol. The maximum Gasteiger partial charge on any atom is 0.277 e. The molecule has 0 amide bonds. The molecule has 2 aromatic carbocycles. The maximum absolute atomic E-state index is 6.14. The molecule has 0 aliphatic rings. The smallest absolute Gasteiger partial charge is 0.277 e. The molecule has 0 saturated carbocycles. The van der Waals surface area contributed by atoms with Gasteiger partial charge in [0.2, 0.25) is 0 Å². The Balaban J connectivity index is 1.32. The van der Waals surface area contributed by atoms with Crippen molar-refractivity contribution < 1.29 is 13.7 Å². The lowest BCUT2D eigenvalue weighted by molar-refractivity contribution is 0.252. The van der Waals surface area contributed by atoms with Crippen molar-refractivity contribution in [1.82, 2.24) is 20.3 Å². The number of benzene rings is 2. The highest BCUT2D eigenvalue weighted by Crippen LogP contribution is 2.27. The van der Waals surface area contributed by atoms with Crippen molar-refractivity contribution in [2.75, 3.05) is 0 Å². The molecular formula is C18H12Cl2N4O3S. The van der Waals surface area contributed by atoms with Crippen LogP contribution in [0.3, 0.4) is 0 Å². The predicted molar refractivity (Wildman–Crippen MR) is 104 cm³/mol. The van der Waals surface area contributed by atoms with Gasteiger partial charge in [-0.15, -0.1) is 10.2 Å². The Morgan fingerprint density at radius 2 is 1.82 bits per heavy atom. The summed E-state index contributed by atoms with van der Waals surface area (Å²) in [5.74, 6) is 2.30. The summed E-state index contributed by atoms with van der Waals surface area (Å²) < 4.78 is 16.4. The van der Waals surface area contributed by atoms with Gasteiger partial charge in [0, 0.05) is 5.02 Å². The van der Waals surface area contributed by atoms with Gasteiger partial charge >= 0.3 is 0 Å². The molecule has 0 N–H and O–H groups in total. The Bertz CT molecular complexity index is 1070. The molecule has 4 rings (SSSR count). The lowest BCUT2D eigenvalue weighted by Gasteiger charge is -2.02. The van der Waals surface area contributed by atoms with Crippen molar-refractivity contribution in [3.05, 3.63) is 70.3 Å². The Labute approximate surface area is 174 Å². The molecule has 0 aliphatic heterocycles. The second-order valence-corrected chi connectivity index (χ2v) is 7.26. The number of halogens is 2. The van der Waals surface area contributed by atoms with Crippen molar-refractivity contribution in [2.24, 2.45) is 0 Å². The van der Waals surface area contributed by atoms with Crippen LogP contribution in [0.2, 0.25) is 10.0 Å². The summed E-state index contributed by atoms with van der Waals surface area (Å²) in [5, 5.41) is 13.5. The van der Waals surface area contributed by atoms with Crippen LogP contribution in [0.5, 0.6) is 5.75 Å². The van der Waals surface area contributed by atoms with Crippen LogP contribution in [-0.2, 0) is 12.4 Å². The van der Waals surface area contributed by atoms with E-state index in [2.05, 4.69) is 20.3 Å². The average Bonchev–Trinajstić information content (AvgIpc) is 3.36. The van der Waals surface area contributed by atoms with E-state index in [0.29, 0.717) is 49.9 Å². The third kappa shape index (κ3) is 4.64. The van der Waals surface area contributed by atoms with Crippen LogP contribution in [0.1, 0.15) is 11.7 Å². The fraction of sp³-hybridized carbons (Fsp3) is 0.111. The van der Waals surface area contributed by atoms with Crippen molar-refractivity contribution in [3.63, 3.8) is 0 Å². The summed E-state index contributed by atoms with van der Waals surface area (Å²) >= 11 is 13.3. The van der Waals surface area contributed by atoms with Gasteiger partial charge in [0.15, 0.2) is 12.4 Å². The predicted octanol–water partition coefficient (Wildman–Crippen LogP) is 5.30. The van der Waals surface area contributed by atoms with Gasteiger partial charge in [-0.3, -0.25) is 0 Å². The van der Waals surface area contributed by atoms with Crippen molar-refractivity contribution in [2.45, 2.75) is 17.6 Å². The molecule has 4 aromatic rings. The van der Waals surface area contributed by atoms with Gasteiger partial charge in [0.05, 0.1) is 16.3 Å². The fourth-order valence-electron chi connectivity index (χ4n) is 2.21. The minimum atomic E-state index is 0.161. The SMILES string of the molecule is Clc1ccc(OCc2nnc(SCc3noc(-c4ccccc4Cl)n3)o2)cc1. The summed E-state index contributed by atoms with van der Waals surface area (Å²) in [6.45, 7) is 0.161. The van der Waals surface area contributed by atoms with Crippen LogP contribution >= 0.6 is 35.0 Å². The van der Waals surface area contributed by atoms with Gasteiger partial charge in [0.1, 0.15) is 5.75 Å². The zero-order chi connectivity index (χ0) is 19.3. The third-order valence-corrected chi connectivity index (χ3v) is 4.92. The first-order valence-corrected chi connectivity index (χ1v) is 9.82. The van der Waals surface area contributed by atoms with Gasteiger partial charge in [-0.25, -0.2) is 0 Å². The number of thioether (sulfide) groups is 1. The maximum atomic E-state index is 6.14. The molecule has 2 aromatic heterocycles. The molecule has 0 radical (unpaired) electrons. The molecule has 2 heterocycles. The molecule has 28 heavy (non-hydrogen) atoms. The Kier molecular flexibility index (Phi) is 5.80. The van der Waals surface area contributed by atoms with Gasteiger partial charge in [0.25, 0.3) is 17.0 Å². The number of nitrogens with zero attached hydrogens (tertiary/aromatic N) is 4. The Morgan fingerprint density at radius 1 is 1.00 bits per heavy atom.